The number of aryl methyl sites for hydroxylation is 1. The van der Waals surface area contributed by atoms with E-state index < -0.39 is 0 Å². The standard InChI is InChI=1S/C19H16N6O2S/c1-11-3-5-13(6-4-11)15-10-28-19-23-18(24-25(15)19)22-17(27)14-7-8-20-16(9-14)21-12(2)26/h3-10H,1-2H3,(H,20,21,26)(H,22,24,27). The van der Waals surface area contributed by atoms with E-state index in [9.17, 15) is 9.59 Å². The Hall–Kier alpha value is -3.59. The maximum Gasteiger partial charge on any atom is 0.258 e. The van der Waals surface area contributed by atoms with Crippen molar-refractivity contribution in [2.75, 3.05) is 10.6 Å². The minimum atomic E-state index is -0.385. The zero-order valence-electron chi connectivity index (χ0n) is 15.1. The lowest BCUT2D eigenvalue weighted by molar-refractivity contribution is -0.114. The highest BCUT2D eigenvalue weighted by Gasteiger charge is 2.15. The summed E-state index contributed by atoms with van der Waals surface area (Å²) in [5.74, 6) is -0.127. The van der Waals surface area contributed by atoms with E-state index in [-0.39, 0.29) is 17.8 Å². The average Bonchev–Trinajstić information content (AvgIpc) is 3.22. The van der Waals surface area contributed by atoms with Crippen LogP contribution in [0.4, 0.5) is 11.8 Å². The summed E-state index contributed by atoms with van der Waals surface area (Å²) in [6, 6.07) is 11.2. The third-order valence-electron chi connectivity index (χ3n) is 3.98. The highest BCUT2D eigenvalue weighted by atomic mass is 32.1. The minimum absolute atomic E-state index is 0.211. The minimum Gasteiger partial charge on any atom is -0.311 e. The number of anilines is 2. The molecule has 28 heavy (non-hydrogen) atoms. The third-order valence-corrected chi connectivity index (χ3v) is 4.80. The summed E-state index contributed by atoms with van der Waals surface area (Å²) in [6.45, 7) is 3.41. The van der Waals surface area contributed by atoms with Crippen LogP contribution in [0, 0.1) is 6.92 Å². The van der Waals surface area contributed by atoms with Crippen LogP contribution >= 0.6 is 11.3 Å². The zero-order valence-corrected chi connectivity index (χ0v) is 15.9. The van der Waals surface area contributed by atoms with Crippen LogP contribution in [0.3, 0.4) is 0 Å². The summed E-state index contributed by atoms with van der Waals surface area (Å²) >= 11 is 1.45. The van der Waals surface area contributed by atoms with E-state index in [4.69, 9.17) is 0 Å². The predicted octanol–water partition coefficient (Wildman–Crippen LogP) is 3.37. The molecule has 4 rings (SSSR count). The number of benzene rings is 1. The molecular weight excluding hydrogens is 376 g/mol. The van der Waals surface area contributed by atoms with E-state index in [0.717, 1.165) is 11.3 Å². The predicted molar refractivity (Wildman–Crippen MR) is 108 cm³/mol. The Kier molecular flexibility index (Phi) is 4.58. The lowest BCUT2D eigenvalue weighted by Gasteiger charge is -2.04. The van der Waals surface area contributed by atoms with E-state index in [1.54, 1.807) is 10.6 Å². The molecule has 8 nitrogen and oxygen atoms in total. The number of hydrogen-bond donors (Lipinski definition) is 2. The van der Waals surface area contributed by atoms with Gasteiger partial charge in [0.25, 0.3) is 11.9 Å². The van der Waals surface area contributed by atoms with Crippen molar-refractivity contribution in [3.63, 3.8) is 0 Å². The number of thiazole rings is 1. The molecule has 0 fully saturated rings. The Bertz CT molecular complexity index is 1180. The van der Waals surface area contributed by atoms with Crippen molar-refractivity contribution >= 4 is 39.9 Å². The van der Waals surface area contributed by atoms with Gasteiger partial charge in [-0.05, 0) is 19.1 Å². The van der Waals surface area contributed by atoms with Gasteiger partial charge in [0.05, 0.1) is 5.69 Å². The van der Waals surface area contributed by atoms with Crippen LogP contribution in [0.15, 0.2) is 48.0 Å². The molecule has 0 bridgehead atoms. The second-order valence-electron chi connectivity index (χ2n) is 6.18. The molecule has 0 unspecified atom stereocenters. The van der Waals surface area contributed by atoms with Crippen LogP contribution in [0.1, 0.15) is 22.8 Å². The van der Waals surface area contributed by atoms with Gasteiger partial charge in [0.1, 0.15) is 5.82 Å². The molecule has 1 aromatic carbocycles. The van der Waals surface area contributed by atoms with Crippen molar-refractivity contribution in [1.82, 2.24) is 19.6 Å². The average molecular weight is 392 g/mol. The largest absolute Gasteiger partial charge is 0.311 e. The van der Waals surface area contributed by atoms with Gasteiger partial charge in [-0.2, -0.15) is 4.98 Å². The van der Waals surface area contributed by atoms with Crippen molar-refractivity contribution < 1.29 is 9.59 Å². The van der Waals surface area contributed by atoms with Gasteiger partial charge in [-0.1, -0.05) is 29.8 Å². The maximum absolute atomic E-state index is 12.5. The Morgan fingerprint density at radius 2 is 1.89 bits per heavy atom. The van der Waals surface area contributed by atoms with Gasteiger partial charge in [-0.3, -0.25) is 14.9 Å². The molecule has 140 valence electrons. The first-order valence-electron chi connectivity index (χ1n) is 8.46. The van der Waals surface area contributed by atoms with Crippen molar-refractivity contribution in [2.24, 2.45) is 0 Å². The number of aromatic nitrogens is 4. The van der Waals surface area contributed by atoms with Gasteiger partial charge < -0.3 is 5.32 Å². The Morgan fingerprint density at radius 3 is 2.64 bits per heavy atom. The summed E-state index contributed by atoms with van der Waals surface area (Å²) in [7, 11) is 0. The first-order valence-corrected chi connectivity index (χ1v) is 9.34. The second kappa shape index (κ2) is 7.20. The maximum atomic E-state index is 12.5. The lowest BCUT2D eigenvalue weighted by Crippen LogP contribution is -2.14. The number of fused-ring (bicyclic) bond motifs is 1. The molecular formula is C19H16N6O2S. The Morgan fingerprint density at radius 1 is 1.11 bits per heavy atom. The summed E-state index contributed by atoms with van der Waals surface area (Å²) < 4.78 is 1.71. The van der Waals surface area contributed by atoms with Gasteiger partial charge in [0.15, 0.2) is 0 Å². The van der Waals surface area contributed by atoms with Crippen LogP contribution < -0.4 is 10.6 Å². The summed E-state index contributed by atoms with van der Waals surface area (Å²) in [5, 5.41) is 11.6. The SMILES string of the molecule is CC(=O)Nc1cc(C(=O)Nc2nc3scc(-c4ccc(C)cc4)n3n2)ccn1. The summed E-state index contributed by atoms with van der Waals surface area (Å²) in [4.78, 5) is 32.7. The molecule has 0 saturated heterocycles. The van der Waals surface area contributed by atoms with Crippen LogP contribution in [0.25, 0.3) is 16.2 Å². The molecule has 0 aliphatic carbocycles. The van der Waals surface area contributed by atoms with Crippen LogP contribution in [0.5, 0.6) is 0 Å². The monoisotopic (exact) mass is 392 g/mol. The van der Waals surface area contributed by atoms with E-state index >= 15 is 0 Å². The normalized spacial score (nSPS) is 10.8. The number of carbonyl (C=O) groups is 2. The molecule has 0 aliphatic rings. The number of pyridine rings is 1. The molecule has 2 N–H and O–H groups in total. The van der Waals surface area contributed by atoms with Crippen molar-refractivity contribution in [1.29, 1.82) is 0 Å². The number of amides is 2. The fourth-order valence-electron chi connectivity index (χ4n) is 2.65. The van der Waals surface area contributed by atoms with Gasteiger partial charge >= 0.3 is 0 Å². The van der Waals surface area contributed by atoms with Gasteiger partial charge in [0, 0.05) is 29.6 Å². The third kappa shape index (κ3) is 3.60. The molecule has 4 aromatic rings. The van der Waals surface area contributed by atoms with Crippen molar-refractivity contribution in [3.8, 4) is 11.3 Å². The summed E-state index contributed by atoms with van der Waals surface area (Å²) in [6.07, 6.45) is 1.45. The molecule has 0 spiro atoms. The topological polar surface area (TPSA) is 101 Å². The fourth-order valence-corrected chi connectivity index (χ4v) is 3.48. The molecule has 0 radical (unpaired) electrons. The number of nitrogens with one attached hydrogen (secondary N) is 2. The number of rotatable bonds is 4. The molecule has 2 amide bonds. The lowest BCUT2D eigenvalue weighted by atomic mass is 10.1. The van der Waals surface area contributed by atoms with Gasteiger partial charge in [-0.25, -0.2) is 9.50 Å². The van der Waals surface area contributed by atoms with E-state index in [0.29, 0.717) is 16.3 Å². The highest BCUT2D eigenvalue weighted by Crippen LogP contribution is 2.26. The second-order valence-corrected chi connectivity index (χ2v) is 7.02. The molecule has 0 aliphatic heterocycles. The van der Waals surface area contributed by atoms with Crippen LogP contribution in [-0.4, -0.2) is 31.4 Å². The smallest absolute Gasteiger partial charge is 0.258 e. The van der Waals surface area contributed by atoms with Crippen molar-refractivity contribution in [2.45, 2.75) is 13.8 Å². The first-order chi connectivity index (χ1) is 13.5. The Labute approximate surface area is 164 Å². The van der Waals surface area contributed by atoms with Crippen molar-refractivity contribution in [3.05, 3.63) is 59.1 Å². The Balaban J connectivity index is 1.58. The fraction of sp³-hybridized carbons (Fsp3) is 0.105. The number of nitrogens with zero attached hydrogens (tertiary/aromatic N) is 4. The number of hydrogen-bond acceptors (Lipinski definition) is 6. The summed E-state index contributed by atoms with van der Waals surface area (Å²) in [5.41, 5.74) is 3.45. The van der Waals surface area contributed by atoms with E-state index in [1.165, 1.54) is 36.1 Å². The van der Waals surface area contributed by atoms with Gasteiger partial charge in [0.2, 0.25) is 10.9 Å². The molecule has 0 saturated carbocycles. The molecule has 9 heteroatoms. The quantitative estimate of drug-likeness (QED) is 0.554. The zero-order chi connectivity index (χ0) is 19.7. The van der Waals surface area contributed by atoms with Crippen LogP contribution in [0.2, 0.25) is 0 Å². The molecule has 0 atom stereocenters. The van der Waals surface area contributed by atoms with Crippen LogP contribution in [-0.2, 0) is 4.79 Å². The van der Waals surface area contributed by atoms with E-state index in [1.807, 2.05) is 36.6 Å². The molecule has 3 aromatic heterocycles. The molecule has 3 heterocycles. The van der Waals surface area contributed by atoms with E-state index in [2.05, 4.69) is 25.7 Å². The highest BCUT2D eigenvalue weighted by molar-refractivity contribution is 7.15. The van der Waals surface area contributed by atoms with Gasteiger partial charge in [-0.15, -0.1) is 16.4 Å². The first kappa shape index (κ1) is 17.8. The number of carbonyl (C=O) groups excluding carboxylic acids is 2.